The Labute approximate surface area is 195 Å². The van der Waals surface area contributed by atoms with Crippen LogP contribution in [0.5, 0.6) is 0 Å². The quantitative estimate of drug-likeness (QED) is 0.405. The van der Waals surface area contributed by atoms with E-state index in [2.05, 4.69) is 25.8 Å². The minimum atomic E-state index is -0.434. The minimum absolute atomic E-state index is 0.110. The van der Waals surface area contributed by atoms with Gasteiger partial charge in [0.2, 0.25) is 5.91 Å². The number of pyridine rings is 1. The number of anilines is 2. The molecule has 0 aliphatic carbocycles. The number of carbonyl (C=O) groups is 2. The maximum absolute atomic E-state index is 13.2. The Morgan fingerprint density at radius 1 is 1.09 bits per heavy atom. The molecule has 2 aromatic carbocycles. The normalized spacial score (nSPS) is 11.9. The molecule has 0 aliphatic heterocycles. The van der Waals surface area contributed by atoms with Crippen molar-refractivity contribution < 1.29 is 14.0 Å². The predicted molar refractivity (Wildman–Crippen MR) is 130 cm³/mol. The molecule has 1 atom stereocenters. The van der Waals surface area contributed by atoms with Gasteiger partial charge in [0.1, 0.15) is 11.2 Å². The molecule has 1 aromatic heterocycles. The molecule has 2 amide bonds. The number of halogens is 1. The first-order chi connectivity index (χ1) is 15.8. The lowest BCUT2D eigenvalue weighted by atomic mass is 10.1. The van der Waals surface area contributed by atoms with Gasteiger partial charge in [-0.25, -0.2) is 9.37 Å². The summed E-state index contributed by atoms with van der Waals surface area (Å²) in [6.07, 6.45) is 1.37. The summed E-state index contributed by atoms with van der Waals surface area (Å²) in [5.41, 5.74) is 3.62. The Balaban J connectivity index is 1.47. The van der Waals surface area contributed by atoms with Crippen LogP contribution in [0.25, 0.3) is 0 Å². The van der Waals surface area contributed by atoms with Crippen molar-refractivity contribution in [3.05, 3.63) is 83.3 Å². The average Bonchev–Trinajstić information content (AvgIpc) is 2.78. The predicted octanol–water partition coefficient (Wildman–Crippen LogP) is 5.89. The molecule has 3 rings (SSSR count). The lowest BCUT2D eigenvalue weighted by Crippen LogP contribution is -2.16. The van der Waals surface area contributed by atoms with Gasteiger partial charge in [-0.1, -0.05) is 23.8 Å². The van der Waals surface area contributed by atoms with Gasteiger partial charge in [0, 0.05) is 17.6 Å². The lowest BCUT2D eigenvalue weighted by Gasteiger charge is -2.10. The summed E-state index contributed by atoms with van der Waals surface area (Å²) < 4.78 is 13.2. The Bertz CT molecular complexity index is 1170. The van der Waals surface area contributed by atoms with Crippen LogP contribution in [0.2, 0.25) is 0 Å². The van der Waals surface area contributed by atoms with Crippen molar-refractivity contribution in [2.75, 3.05) is 16.4 Å². The third kappa shape index (κ3) is 7.50. The molecular weight excluding hydrogens is 441 g/mol. The molecular formula is C24H24FN5O2S. The van der Waals surface area contributed by atoms with Gasteiger partial charge in [-0.05, 0) is 62.7 Å². The summed E-state index contributed by atoms with van der Waals surface area (Å²) in [6.45, 7) is 5.79. The lowest BCUT2D eigenvalue weighted by molar-refractivity contribution is -0.113. The average molecular weight is 466 g/mol. The second-order valence-corrected chi connectivity index (χ2v) is 8.67. The van der Waals surface area contributed by atoms with Gasteiger partial charge < -0.3 is 10.6 Å². The van der Waals surface area contributed by atoms with Gasteiger partial charge in [-0.15, -0.1) is 16.9 Å². The molecule has 33 heavy (non-hydrogen) atoms. The molecule has 0 aliphatic rings. The van der Waals surface area contributed by atoms with E-state index < -0.39 is 11.7 Å². The molecule has 3 aromatic rings. The smallest absolute Gasteiger partial charge is 0.257 e. The van der Waals surface area contributed by atoms with Crippen LogP contribution in [0.3, 0.4) is 0 Å². The maximum Gasteiger partial charge on any atom is 0.257 e. The van der Waals surface area contributed by atoms with Crippen LogP contribution in [0.4, 0.5) is 21.6 Å². The Morgan fingerprint density at radius 3 is 2.61 bits per heavy atom. The molecule has 0 radical (unpaired) electrons. The van der Waals surface area contributed by atoms with Gasteiger partial charge in [-0.2, -0.15) is 5.11 Å². The minimum Gasteiger partial charge on any atom is -0.325 e. The number of azo groups is 1. The van der Waals surface area contributed by atoms with E-state index in [1.807, 2.05) is 39.0 Å². The van der Waals surface area contributed by atoms with Gasteiger partial charge >= 0.3 is 0 Å². The highest BCUT2D eigenvalue weighted by molar-refractivity contribution is 8.00. The van der Waals surface area contributed by atoms with Crippen molar-refractivity contribution in [1.82, 2.24) is 4.98 Å². The molecule has 0 saturated carbocycles. The van der Waals surface area contributed by atoms with E-state index in [9.17, 15) is 14.0 Å². The van der Waals surface area contributed by atoms with Gasteiger partial charge in [-0.3, -0.25) is 9.59 Å². The molecule has 0 saturated heterocycles. The summed E-state index contributed by atoms with van der Waals surface area (Å²) in [5.74, 6) is -0.378. The zero-order valence-electron chi connectivity index (χ0n) is 18.5. The van der Waals surface area contributed by atoms with E-state index in [1.165, 1.54) is 36.2 Å². The Kier molecular flexibility index (Phi) is 8.26. The summed E-state index contributed by atoms with van der Waals surface area (Å²) in [4.78, 5) is 28.6. The first-order valence-corrected chi connectivity index (χ1v) is 11.3. The monoisotopic (exact) mass is 465 g/mol. The second kappa shape index (κ2) is 11.3. The van der Waals surface area contributed by atoms with Crippen LogP contribution in [0.1, 0.15) is 28.4 Å². The van der Waals surface area contributed by atoms with Crippen LogP contribution in [-0.2, 0) is 4.79 Å². The SMILES string of the molecule is Cc1ccc(NC(=O)CSC(C)/N=N\c2ccc(C(=O)Nc3cccc(F)c3)cn2)c(C)c1. The number of aromatic nitrogens is 1. The van der Waals surface area contributed by atoms with E-state index in [4.69, 9.17) is 0 Å². The number of hydrogen-bond donors (Lipinski definition) is 2. The molecule has 0 fully saturated rings. The van der Waals surface area contributed by atoms with E-state index in [-0.39, 0.29) is 17.0 Å². The summed E-state index contributed by atoms with van der Waals surface area (Å²) >= 11 is 1.35. The van der Waals surface area contributed by atoms with E-state index in [1.54, 1.807) is 18.2 Å². The fourth-order valence-electron chi connectivity index (χ4n) is 2.86. The highest BCUT2D eigenvalue weighted by Gasteiger charge is 2.10. The number of thioether (sulfide) groups is 1. The van der Waals surface area contributed by atoms with E-state index >= 15 is 0 Å². The molecule has 170 valence electrons. The maximum atomic E-state index is 13.2. The number of benzene rings is 2. The summed E-state index contributed by atoms with van der Waals surface area (Å²) in [7, 11) is 0. The standard InChI is InChI=1S/C24H24FN5O2S/c1-15-7-9-21(16(2)11-15)28-23(31)14-33-17(3)29-30-22-10-8-18(13-26-22)24(32)27-20-6-4-5-19(25)12-20/h4-13,17H,14H2,1-3H3,(H,27,32)(H,28,31)/b30-29-. The fourth-order valence-corrected chi connectivity index (χ4v) is 3.44. The summed E-state index contributed by atoms with van der Waals surface area (Å²) in [5, 5.41) is 13.5. The largest absolute Gasteiger partial charge is 0.325 e. The number of nitrogens with zero attached hydrogens (tertiary/aromatic N) is 3. The van der Waals surface area contributed by atoms with E-state index in [0.717, 1.165) is 16.8 Å². The number of hydrogen-bond acceptors (Lipinski definition) is 6. The zero-order valence-corrected chi connectivity index (χ0v) is 19.3. The van der Waals surface area contributed by atoms with Crippen LogP contribution >= 0.6 is 11.8 Å². The second-order valence-electron chi connectivity index (χ2n) is 7.36. The van der Waals surface area contributed by atoms with Crippen molar-refractivity contribution in [3.63, 3.8) is 0 Å². The Morgan fingerprint density at radius 2 is 1.91 bits per heavy atom. The molecule has 2 N–H and O–H groups in total. The third-order valence-corrected chi connectivity index (χ3v) is 5.53. The fraction of sp³-hybridized carbons (Fsp3) is 0.208. The number of carbonyl (C=O) groups excluding carboxylic acids is 2. The van der Waals surface area contributed by atoms with Crippen molar-refractivity contribution >= 4 is 40.8 Å². The topological polar surface area (TPSA) is 95.8 Å². The third-order valence-electron chi connectivity index (χ3n) is 4.53. The molecule has 1 heterocycles. The first kappa shape index (κ1) is 24.1. The van der Waals surface area contributed by atoms with Crippen LogP contribution in [0, 0.1) is 19.7 Å². The summed E-state index contributed by atoms with van der Waals surface area (Å²) in [6, 6.07) is 14.6. The van der Waals surface area contributed by atoms with Crippen molar-refractivity contribution in [2.24, 2.45) is 10.2 Å². The van der Waals surface area contributed by atoms with Gasteiger partial charge in [0.15, 0.2) is 5.82 Å². The van der Waals surface area contributed by atoms with Crippen molar-refractivity contribution in [1.29, 1.82) is 0 Å². The zero-order chi connectivity index (χ0) is 23.8. The molecule has 0 spiro atoms. The molecule has 7 nitrogen and oxygen atoms in total. The molecule has 9 heteroatoms. The highest BCUT2D eigenvalue weighted by Crippen LogP contribution is 2.19. The van der Waals surface area contributed by atoms with Gasteiger partial charge in [0.25, 0.3) is 5.91 Å². The van der Waals surface area contributed by atoms with E-state index in [0.29, 0.717) is 17.1 Å². The number of nitrogens with one attached hydrogen (secondary N) is 2. The van der Waals surface area contributed by atoms with Crippen molar-refractivity contribution in [3.8, 4) is 0 Å². The van der Waals surface area contributed by atoms with Crippen molar-refractivity contribution in [2.45, 2.75) is 26.1 Å². The van der Waals surface area contributed by atoms with Gasteiger partial charge in [0.05, 0.1) is 11.3 Å². The van der Waals surface area contributed by atoms with Crippen LogP contribution < -0.4 is 10.6 Å². The molecule has 0 bridgehead atoms. The molecule has 1 unspecified atom stereocenters. The number of aryl methyl sites for hydroxylation is 2. The Hall–Kier alpha value is -3.59. The van der Waals surface area contributed by atoms with Crippen LogP contribution in [0.15, 0.2) is 71.0 Å². The number of amides is 2. The van der Waals surface area contributed by atoms with Crippen LogP contribution in [-0.4, -0.2) is 27.9 Å². The first-order valence-electron chi connectivity index (χ1n) is 10.2. The number of rotatable bonds is 8. The highest BCUT2D eigenvalue weighted by atomic mass is 32.2.